The Morgan fingerprint density at radius 1 is 1.50 bits per heavy atom. The minimum Gasteiger partial charge on any atom is -0.482 e. The van der Waals surface area contributed by atoms with Crippen LogP contribution in [-0.2, 0) is 11.3 Å². The van der Waals surface area contributed by atoms with Gasteiger partial charge in [0, 0.05) is 6.54 Å². The molecule has 0 fully saturated rings. The van der Waals surface area contributed by atoms with E-state index in [0.29, 0.717) is 18.0 Å². The monoisotopic (exact) mass is 214 g/mol. The van der Waals surface area contributed by atoms with E-state index < -0.39 is 0 Å². The molecule has 2 rings (SSSR count). The average molecular weight is 215 g/mol. The number of anilines is 1. The first kappa shape index (κ1) is 10.8. The van der Waals surface area contributed by atoms with E-state index in [0.717, 1.165) is 5.56 Å². The second kappa shape index (κ2) is 4.30. The van der Waals surface area contributed by atoms with Crippen LogP contribution in [0.3, 0.4) is 0 Å². The number of hydrogen-bond acceptors (Lipinski definition) is 3. The molecule has 0 saturated carbocycles. The number of ether oxygens (including phenoxy) is 1. The third-order valence-corrected chi connectivity index (χ3v) is 1.96. The van der Waals surface area contributed by atoms with Gasteiger partial charge in [0.15, 0.2) is 6.61 Å². The molecule has 1 heterocycles. The lowest BCUT2D eigenvalue weighted by molar-refractivity contribution is -0.118. The van der Waals surface area contributed by atoms with Gasteiger partial charge < -0.3 is 15.8 Å². The van der Waals surface area contributed by atoms with Crippen LogP contribution in [0, 0.1) is 0 Å². The van der Waals surface area contributed by atoms with Gasteiger partial charge in [0.1, 0.15) is 5.75 Å². The minimum absolute atomic E-state index is 0. The van der Waals surface area contributed by atoms with E-state index in [-0.39, 0.29) is 24.9 Å². The number of fused-ring (bicyclic) bond motifs is 1. The molecule has 0 bridgehead atoms. The van der Waals surface area contributed by atoms with Gasteiger partial charge in [-0.15, -0.1) is 12.4 Å². The van der Waals surface area contributed by atoms with Crippen LogP contribution >= 0.6 is 12.4 Å². The van der Waals surface area contributed by atoms with Gasteiger partial charge in [0.25, 0.3) is 5.91 Å². The Morgan fingerprint density at radius 2 is 2.29 bits per heavy atom. The van der Waals surface area contributed by atoms with E-state index in [9.17, 15) is 4.79 Å². The molecular formula is C9H11ClN2O2. The van der Waals surface area contributed by atoms with Gasteiger partial charge in [-0.3, -0.25) is 4.79 Å². The number of halogens is 1. The zero-order valence-electron chi connectivity index (χ0n) is 7.45. The molecule has 76 valence electrons. The summed E-state index contributed by atoms with van der Waals surface area (Å²) in [6.45, 7) is 0.480. The maximum atomic E-state index is 11.0. The molecule has 0 radical (unpaired) electrons. The maximum Gasteiger partial charge on any atom is 0.262 e. The highest BCUT2D eigenvalue weighted by molar-refractivity contribution is 5.96. The number of amides is 1. The third-order valence-electron chi connectivity index (χ3n) is 1.96. The predicted molar refractivity (Wildman–Crippen MR) is 55.7 cm³/mol. The lowest BCUT2D eigenvalue weighted by Crippen LogP contribution is -2.26. The lowest BCUT2D eigenvalue weighted by Gasteiger charge is -2.19. The highest BCUT2D eigenvalue weighted by Gasteiger charge is 2.17. The topological polar surface area (TPSA) is 64.3 Å². The maximum absolute atomic E-state index is 11.0. The van der Waals surface area contributed by atoms with Gasteiger partial charge in [0.05, 0.1) is 5.69 Å². The molecule has 1 aliphatic rings. The first-order valence-corrected chi connectivity index (χ1v) is 4.06. The summed E-state index contributed by atoms with van der Waals surface area (Å²) in [4.78, 5) is 11.0. The van der Waals surface area contributed by atoms with E-state index in [4.69, 9.17) is 10.5 Å². The fourth-order valence-electron chi connectivity index (χ4n) is 1.33. The van der Waals surface area contributed by atoms with Crippen LogP contribution in [0.1, 0.15) is 5.56 Å². The van der Waals surface area contributed by atoms with Crippen molar-refractivity contribution in [3.8, 4) is 5.75 Å². The zero-order chi connectivity index (χ0) is 9.26. The van der Waals surface area contributed by atoms with E-state index in [1.807, 2.05) is 18.2 Å². The average Bonchev–Trinajstić information content (AvgIpc) is 2.17. The van der Waals surface area contributed by atoms with Gasteiger partial charge in [-0.1, -0.05) is 12.1 Å². The van der Waals surface area contributed by atoms with Crippen molar-refractivity contribution >= 4 is 24.0 Å². The normalized spacial score (nSPS) is 13.4. The van der Waals surface area contributed by atoms with E-state index in [1.165, 1.54) is 0 Å². The Bertz CT molecular complexity index is 340. The van der Waals surface area contributed by atoms with Crippen LogP contribution in [0.15, 0.2) is 18.2 Å². The van der Waals surface area contributed by atoms with Crippen molar-refractivity contribution in [3.05, 3.63) is 23.8 Å². The second-order valence-electron chi connectivity index (χ2n) is 2.83. The summed E-state index contributed by atoms with van der Waals surface area (Å²) in [5.41, 5.74) is 7.12. The summed E-state index contributed by atoms with van der Waals surface area (Å²) in [5.74, 6) is 0.566. The number of hydrogen-bond donors (Lipinski definition) is 2. The second-order valence-corrected chi connectivity index (χ2v) is 2.83. The van der Waals surface area contributed by atoms with Crippen molar-refractivity contribution in [2.75, 3.05) is 11.9 Å². The Balaban J connectivity index is 0.000000980. The van der Waals surface area contributed by atoms with Gasteiger partial charge in [-0.2, -0.15) is 0 Å². The Hall–Kier alpha value is -1.26. The summed E-state index contributed by atoms with van der Waals surface area (Å²) in [5, 5.41) is 2.74. The summed E-state index contributed by atoms with van der Waals surface area (Å²) in [7, 11) is 0. The molecule has 1 aromatic carbocycles. The molecule has 5 heteroatoms. The van der Waals surface area contributed by atoms with Crippen LogP contribution < -0.4 is 15.8 Å². The smallest absolute Gasteiger partial charge is 0.262 e. The number of carbonyl (C=O) groups excluding carboxylic acids is 1. The largest absolute Gasteiger partial charge is 0.482 e. The van der Waals surface area contributed by atoms with Crippen LogP contribution in [0.5, 0.6) is 5.75 Å². The lowest BCUT2D eigenvalue weighted by atomic mass is 10.1. The van der Waals surface area contributed by atoms with Crippen LogP contribution in [0.2, 0.25) is 0 Å². The van der Waals surface area contributed by atoms with Gasteiger partial charge >= 0.3 is 0 Å². The summed E-state index contributed by atoms with van der Waals surface area (Å²) in [6.07, 6.45) is 0. The molecule has 0 unspecified atom stereocenters. The third kappa shape index (κ3) is 1.81. The molecule has 14 heavy (non-hydrogen) atoms. The number of para-hydroxylation sites is 1. The minimum atomic E-state index is -0.131. The molecule has 0 atom stereocenters. The van der Waals surface area contributed by atoms with Crippen molar-refractivity contribution in [3.63, 3.8) is 0 Å². The van der Waals surface area contributed by atoms with Crippen LogP contribution in [-0.4, -0.2) is 12.5 Å². The summed E-state index contributed by atoms with van der Waals surface area (Å²) in [6, 6.07) is 5.54. The molecule has 4 nitrogen and oxygen atoms in total. The molecule has 1 aliphatic heterocycles. The number of carbonyl (C=O) groups is 1. The number of rotatable bonds is 1. The van der Waals surface area contributed by atoms with Gasteiger partial charge in [-0.25, -0.2) is 0 Å². The Morgan fingerprint density at radius 3 is 3.00 bits per heavy atom. The number of nitrogens with two attached hydrogens (primary N) is 1. The fourth-order valence-corrected chi connectivity index (χ4v) is 1.33. The Kier molecular flexibility index (Phi) is 3.33. The zero-order valence-corrected chi connectivity index (χ0v) is 8.26. The van der Waals surface area contributed by atoms with E-state index in [2.05, 4.69) is 5.32 Å². The summed E-state index contributed by atoms with van der Waals surface area (Å²) >= 11 is 0. The molecular weight excluding hydrogens is 204 g/mol. The van der Waals surface area contributed by atoms with Gasteiger partial charge in [-0.05, 0) is 11.6 Å². The molecule has 0 saturated heterocycles. The molecule has 3 N–H and O–H groups in total. The molecule has 1 amide bonds. The predicted octanol–water partition coefficient (Wildman–Crippen LogP) is 0.898. The molecule has 0 aliphatic carbocycles. The standard InChI is InChI=1S/C9H10N2O2.ClH/c10-4-6-2-1-3-7-9(6)11-8(12)5-13-7;/h1-3H,4-5,10H2,(H,11,12);1H. The molecule has 1 aromatic rings. The molecule has 0 aromatic heterocycles. The van der Waals surface area contributed by atoms with Crippen LogP contribution in [0.25, 0.3) is 0 Å². The highest BCUT2D eigenvalue weighted by atomic mass is 35.5. The van der Waals surface area contributed by atoms with Crippen molar-refractivity contribution in [1.29, 1.82) is 0 Å². The highest BCUT2D eigenvalue weighted by Crippen LogP contribution is 2.30. The fraction of sp³-hybridized carbons (Fsp3) is 0.222. The van der Waals surface area contributed by atoms with E-state index >= 15 is 0 Å². The van der Waals surface area contributed by atoms with Crippen molar-refractivity contribution in [1.82, 2.24) is 0 Å². The van der Waals surface area contributed by atoms with Crippen molar-refractivity contribution in [2.24, 2.45) is 5.73 Å². The Labute approximate surface area is 87.8 Å². The first-order valence-electron chi connectivity index (χ1n) is 4.06. The summed E-state index contributed by atoms with van der Waals surface area (Å²) < 4.78 is 5.21. The molecule has 0 spiro atoms. The quantitative estimate of drug-likeness (QED) is 0.730. The van der Waals surface area contributed by atoms with Crippen molar-refractivity contribution < 1.29 is 9.53 Å². The van der Waals surface area contributed by atoms with Crippen molar-refractivity contribution in [2.45, 2.75) is 6.54 Å². The number of benzene rings is 1. The number of nitrogens with one attached hydrogen (secondary N) is 1. The van der Waals surface area contributed by atoms with Crippen LogP contribution in [0.4, 0.5) is 5.69 Å². The SMILES string of the molecule is Cl.NCc1cccc2c1NC(=O)CO2. The van der Waals surface area contributed by atoms with Gasteiger partial charge in [0.2, 0.25) is 0 Å². The first-order chi connectivity index (χ1) is 6.31. The van der Waals surface area contributed by atoms with E-state index in [1.54, 1.807) is 0 Å².